The average Bonchev–Trinajstić information content (AvgIpc) is 2.89. The molecule has 1 aliphatic rings. The van der Waals surface area contributed by atoms with Crippen molar-refractivity contribution in [2.75, 3.05) is 26.8 Å². The van der Waals surface area contributed by atoms with Crippen molar-refractivity contribution in [3.8, 4) is 0 Å². The molecule has 0 bridgehead atoms. The molecule has 21 heavy (non-hydrogen) atoms. The molecule has 2 N–H and O–H groups in total. The number of hydrogen-bond acceptors (Lipinski definition) is 3. The second kappa shape index (κ2) is 8.08. The van der Waals surface area contributed by atoms with Crippen LogP contribution in [0.3, 0.4) is 0 Å². The van der Waals surface area contributed by atoms with Crippen LogP contribution in [0.2, 0.25) is 0 Å². The Labute approximate surface area is 138 Å². The summed E-state index contributed by atoms with van der Waals surface area (Å²) in [5.74, 6) is -0.593. The van der Waals surface area contributed by atoms with Crippen molar-refractivity contribution in [2.45, 2.75) is 18.4 Å². The number of rotatable bonds is 5. The molecule has 1 unspecified atom stereocenters. The molecule has 2 rings (SSSR count). The van der Waals surface area contributed by atoms with Crippen molar-refractivity contribution < 1.29 is 13.9 Å². The van der Waals surface area contributed by atoms with Crippen molar-refractivity contribution in [2.24, 2.45) is 0 Å². The van der Waals surface area contributed by atoms with E-state index < -0.39 is 0 Å². The smallest absolute Gasteiger partial charge is 0.251 e. The maximum atomic E-state index is 13.1. The number of halogens is 3. The summed E-state index contributed by atoms with van der Waals surface area (Å²) in [5, 5.41) is 6.28. The summed E-state index contributed by atoms with van der Waals surface area (Å²) in [6.45, 7) is 1.98. The van der Waals surface area contributed by atoms with Gasteiger partial charge in [-0.25, -0.2) is 4.39 Å². The van der Waals surface area contributed by atoms with Gasteiger partial charge in [0.1, 0.15) is 5.82 Å². The molecule has 0 radical (unpaired) electrons. The van der Waals surface area contributed by atoms with Crippen LogP contribution in [0.5, 0.6) is 0 Å². The van der Waals surface area contributed by atoms with Gasteiger partial charge >= 0.3 is 0 Å². The van der Waals surface area contributed by atoms with E-state index in [9.17, 15) is 9.18 Å². The third-order valence-electron chi connectivity index (χ3n) is 3.52. The number of amides is 1. The van der Waals surface area contributed by atoms with E-state index in [1.807, 2.05) is 0 Å². The zero-order chi connectivity index (χ0) is 14.6. The maximum absolute atomic E-state index is 13.1. The monoisotopic (exact) mass is 380 g/mol. The summed E-state index contributed by atoms with van der Waals surface area (Å²) in [7, 11) is 1.65. The molecule has 1 heterocycles. The summed E-state index contributed by atoms with van der Waals surface area (Å²) >= 11 is 3.08. The third-order valence-corrected chi connectivity index (χ3v) is 4.13. The molecule has 1 amide bonds. The Hall–Kier alpha value is -0.690. The van der Waals surface area contributed by atoms with Crippen LogP contribution in [-0.4, -0.2) is 38.3 Å². The van der Waals surface area contributed by atoms with Crippen molar-refractivity contribution in [1.29, 1.82) is 0 Å². The lowest BCUT2D eigenvalue weighted by atomic mass is 9.98. The van der Waals surface area contributed by atoms with Crippen LogP contribution in [0.1, 0.15) is 23.2 Å². The highest BCUT2D eigenvalue weighted by Crippen LogP contribution is 2.20. The Bertz CT molecular complexity index is 496. The molecular weight excluding hydrogens is 363 g/mol. The molecule has 7 heteroatoms. The highest BCUT2D eigenvalue weighted by atomic mass is 79.9. The molecule has 1 saturated heterocycles. The van der Waals surface area contributed by atoms with E-state index in [0.29, 0.717) is 18.7 Å². The number of benzene rings is 1. The van der Waals surface area contributed by atoms with E-state index in [4.69, 9.17) is 4.74 Å². The minimum atomic E-state index is -0.380. The van der Waals surface area contributed by atoms with Gasteiger partial charge in [-0.15, -0.1) is 12.4 Å². The Balaban J connectivity index is 0.00000220. The SMILES string of the molecule is COCC1(CNC(=O)c2ccc(F)c(Br)c2)CCCN1.Cl. The van der Waals surface area contributed by atoms with E-state index >= 15 is 0 Å². The van der Waals surface area contributed by atoms with Crippen LogP contribution in [0, 0.1) is 5.82 Å². The molecule has 4 nitrogen and oxygen atoms in total. The topological polar surface area (TPSA) is 50.4 Å². The van der Waals surface area contributed by atoms with E-state index in [-0.39, 0.29) is 34.1 Å². The average molecular weight is 382 g/mol. The summed E-state index contributed by atoms with van der Waals surface area (Å²) in [5.41, 5.74) is 0.241. The molecular formula is C14H19BrClFN2O2. The van der Waals surface area contributed by atoms with E-state index in [2.05, 4.69) is 26.6 Å². The lowest BCUT2D eigenvalue weighted by molar-refractivity contribution is 0.0892. The van der Waals surface area contributed by atoms with Gasteiger partial charge in [-0.2, -0.15) is 0 Å². The summed E-state index contributed by atoms with van der Waals surface area (Å²) in [4.78, 5) is 12.1. The van der Waals surface area contributed by atoms with Gasteiger partial charge in [0.05, 0.1) is 16.6 Å². The number of ether oxygens (including phenoxy) is 1. The minimum absolute atomic E-state index is 0. The maximum Gasteiger partial charge on any atom is 0.251 e. The van der Waals surface area contributed by atoms with Crippen LogP contribution in [0.15, 0.2) is 22.7 Å². The van der Waals surface area contributed by atoms with Crippen molar-refractivity contribution >= 4 is 34.2 Å². The number of carbonyl (C=O) groups excluding carboxylic acids is 1. The first-order valence-corrected chi connectivity index (χ1v) is 7.33. The van der Waals surface area contributed by atoms with Gasteiger partial charge in [-0.05, 0) is 53.5 Å². The number of hydrogen-bond donors (Lipinski definition) is 2. The fraction of sp³-hybridized carbons (Fsp3) is 0.500. The fourth-order valence-corrected chi connectivity index (χ4v) is 2.84. The van der Waals surface area contributed by atoms with Gasteiger partial charge in [0.2, 0.25) is 0 Å². The predicted molar refractivity (Wildman–Crippen MR) is 85.5 cm³/mol. The molecule has 1 atom stereocenters. The highest BCUT2D eigenvalue weighted by molar-refractivity contribution is 9.10. The zero-order valence-electron chi connectivity index (χ0n) is 11.7. The van der Waals surface area contributed by atoms with Gasteiger partial charge in [-0.3, -0.25) is 4.79 Å². The van der Waals surface area contributed by atoms with Crippen LogP contribution < -0.4 is 10.6 Å². The highest BCUT2D eigenvalue weighted by Gasteiger charge is 2.33. The first-order valence-electron chi connectivity index (χ1n) is 6.53. The van der Waals surface area contributed by atoms with Crippen LogP contribution in [0.25, 0.3) is 0 Å². The van der Waals surface area contributed by atoms with Crippen molar-refractivity contribution in [1.82, 2.24) is 10.6 Å². The van der Waals surface area contributed by atoms with E-state index in [0.717, 1.165) is 19.4 Å². The first kappa shape index (κ1) is 18.4. The molecule has 118 valence electrons. The van der Waals surface area contributed by atoms with E-state index in [1.54, 1.807) is 7.11 Å². The number of carbonyl (C=O) groups is 1. The Morgan fingerprint density at radius 1 is 1.57 bits per heavy atom. The van der Waals surface area contributed by atoms with Crippen LogP contribution >= 0.6 is 28.3 Å². The lowest BCUT2D eigenvalue weighted by Crippen LogP contribution is -2.53. The number of nitrogens with one attached hydrogen (secondary N) is 2. The van der Waals surface area contributed by atoms with Gasteiger partial charge in [-0.1, -0.05) is 0 Å². The van der Waals surface area contributed by atoms with E-state index in [1.165, 1.54) is 18.2 Å². The first-order chi connectivity index (χ1) is 9.56. The normalized spacial score (nSPS) is 20.9. The summed E-state index contributed by atoms with van der Waals surface area (Å²) in [6.07, 6.45) is 2.04. The van der Waals surface area contributed by atoms with Crippen molar-refractivity contribution in [3.05, 3.63) is 34.1 Å². The number of methoxy groups -OCH3 is 1. The summed E-state index contributed by atoms with van der Waals surface area (Å²) in [6, 6.07) is 4.23. The second-order valence-electron chi connectivity index (χ2n) is 5.06. The zero-order valence-corrected chi connectivity index (χ0v) is 14.2. The Kier molecular flexibility index (Phi) is 7.06. The predicted octanol–water partition coefficient (Wildman–Crippen LogP) is 2.51. The van der Waals surface area contributed by atoms with Crippen LogP contribution in [0.4, 0.5) is 4.39 Å². The Morgan fingerprint density at radius 2 is 2.33 bits per heavy atom. The van der Waals surface area contributed by atoms with Gasteiger partial charge in [0.15, 0.2) is 0 Å². The largest absolute Gasteiger partial charge is 0.383 e. The molecule has 0 saturated carbocycles. The lowest BCUT2D eigenvalue weighted by Gasteiger charge is -2.29. The fourth-order valence-electron chi connectivity index (χ4n) is 2.46. The standard InChI is InChI=1S/C14H18BrFN2O2.ClH/c1-20-9-14(5-2-6-18-14)8-17-13(19)10-3-4-12(16)11(15)7-10;/h3-4,7,18H,2,5-6,8-9H2,1H3,(H,17,19);1H. The quantitative estimate of drug-likeness (QED) is 0.824. The van der Waals surface area contributed by atoms with Gasteiger partial charge < -0.3 is 15.4 Å². The third kappa shape index (κ3) is 4.64. The molecule has 1 aromatic rings. The van der Waals surface area contributed by atoms with Crippen molar-refractivity contribution in [3.63, 3.8) is 0 Å². The second-order valence-corrected chi connectivity index (χ2v) is 5.91. The molecule has 0 spiro atoms. The van der Waals surface area contributed by atoms with Gasteiger partial charge in [0, 0.05) is 19.2 Å². The summed E-state index contributed by atoms with van der Waals surface area (Å²) < 4.78 is 18.7. The molecule has 0 aliphatic carbocycles. The Morgan fingerprint density at radius 3 is 2.90 bits per heavy atom. The molecule has 0 aromatic heterocycles. The molecule has 1 aromatic carbocycles. The molecule has 1 fully saturated rings. The molecule has 1 aliphatic heterocycles. The van der Waals surface area contributed by atoms with Gasteiger partial charge in [0.25, 0.3) is 5.91 Å². The minimum Gasteiger partial charge on any atom is -0.383 e. The van der Waals surface area contributed by atoms with Crippen LogP contribution in [-0.2, 0) is 4.74 Å².